The van der Waals surface area contributed by atoms with Crippen LogP contribution < -0.4 is 5.32 Å². The molecule has 0 saturated heterocycles. The van der Waals surface area contributed by atoms with Crippen LogP contribution in [0.1, 0.15) is 27.7 Å². The van der Waals surface area contributed by atoms with Crippen molar-refractivity contribution in [2.45, 2.75) is 33.2 Å². The molecule has 0 aliphatic carbocycles. The van der Waals surface area contributed by atoms with Crippen LogP contribution in [0.5, 0.6) is 0 Å². The second-order valence-electron chi connectivity index (χ2n) is 5.72. The molecule has 6 nitrogen and oxygen atoms in total. The van der Waals surface area contributed by atoms with E-state index < -0.39 is 21.8 Å². The average Bonchev–Trinajstić information content (AvgIpc) is 2.32. The molecular formula is C13H16Cl2N2O4. The van der Waals surface area contributed by atoms with Crippen molar-refractivity contribution in [1.29, 1.82) is 0 Å². The van der Waals surface area contributed by atoms with E-state index in [0.717, 1.165) is 0 Å². The van der Waals surface area contributed by atoms with Gasteiger partial charge in [-0.05, 0) is 27.7 Å². The quantitative estimate of drug-likeness (QED) is 0.621. The third-order valence-corrected chi connectivity index (χ3v) is 4.37. The summed E-state index contributed by atoms with van der Waals surface area (Å²) in [6.45, 7) is 6.51. The van der Waals surface area contributed by atoms with Crippen LogP contribution >= 0.6 is 23.2 Å². The van der Waals surface area contributed by atoms with Gasteiger partial charge in [0.2, 0.25) is 0 Å². The minimum absolute atomic E-state index is 0.0588. The fraction of sp³-hybridized carbons (Fsp3) is 0.462. The van der Waals surface area contributed by atoms with Crippen LogP contribution in [0.15, 0.2) is 12.1 Å². The minimum Gasteiger partial charge on any atom is -0.481 e. The maximum Gasteiger partial charge on any atom is 0.311 e. The van der Waals surface area contributed by atoms with E-state index in [1.54, 1.807) is 27.7 Å². The number of carbonyl (C=O) groups is 1. The van der Waals surface area contributed by atoms with Crippen molar-refractivity contribution < 1.29 is 14.8 Å². The fourth-order valence-corrected chi connectivity index (χ4v) is 2.09. The first-order valence-corrected chi connectivity index (χ1v) is 6.81. The topological polar surface area (TPSA) is 92.5 Å². The van der Waals surface area contributed by atoms with Crippen molar-refractivity contribution in [2.24, 2.45) is 5.41 Å². The van der Waals surface area contributed by atoms with Gasteiger partial charge < -0.3 is 10.4 Å². The van der Waals surface area contributed by atoms with Crippen LogP contribution in [0.3, 0.4) is 0 Å². The summed E-state index contributed by atoms with van der Waals surface area (Å²) in [6, 6.07) is 2.33. The maximum absolute atomic E-state index is 11.4. The smallest absolute Gasteiger partial charge is 0.311 e. The molecule has 2 N–H and O–H groups in total. The number of hydrogen-bond acceptors (Lipinski definition) is 4. The van der Waals surface area contributed by atoms with Crippen molar-refractivity contribution in [3.8, 4) is 0 Å². The number of nitro benzene ring substituents is 1. The van der Waals surface area contributed by atoms with Crippen molar-refractivity contribution >= 4 is 40.5 Å². The van der Waals surface area contributed by atoms with E-state index in [1.807, 2.05) is 0 Å². The number of hydrogen-bond donors (Lipinski definition) is 2. The molecule has 0 spiro atoms. The number of rotatable bonds is 5. The third kappa shape index (κ3) is 3.39. The fourth-order valence-electron chi connectivity index (χ4n) is 1.52. The molecule has 0 unspecified atom stereocenters. The van der Waals surface area contributed by atoms with Crippen LogP contribution in [0.4, 0.5) is 11.4 Å². The van der Waals surface area contributed by atoms with Crippen LogP contribution in [0.2, 0.25) is 10.0 Å². The number of carboxylic acids is 1. The Labute approximate surface area is 132 Å². The maximum atomic E-state index is 11.4. The van der Waals surface area contributed by atoms with E-state index >= 15 is 0 Å². The van der Waals surface area contributed by atoms with Gasteiger partial charge in [0.05, 0.1) is 26.1 Å². The Morgan fingerprint density at radius 2 is 1.67 bits per heavy atom. The summed E-state index contributed by atoms with van der Waals surface area (Å²) in [7, 11) is 0. The Morgan fingerprint density at radius 3 is 2.00 bits per heavy atom. The highest BCUT2D eigenvalue weighted by Crippen LogP contribution is 2.40. The largest absolute Gasteiger partial charge is 0.481 e. The predicted octanol–water partition coefficient (Wildman–Crippen LogP) is 4.20. The number of non-ortho nitro benzene ring substituents is 1. The molecule has 116 valence electrons. The molecule has 0 radical (unpaired) electrons. The first-order chi connectivity index (χ1) is 9.40. The Kier molecular flexibility index (Phi) is 4.75. The molecule has 0 fully saturated rings. The zero-order valence-corrected chi connectivity index (χ0v) is 13.5. The van der Waals surface area contributed by atoms with Gasteiger partial charge in [0, 0.05) is 17.7 Å². The van der Waals surface area contributed by atoms with Crippen LogP contribution in [0.25, 0.3) is 0 Å². The summed E-state index contributed by atoms with van der Waals surface area (Å²) < 4.78 is 0. The number of nitro groups is 1. The third-order valence-electron chi connectivity index (χ3n) is 3.77. The summed E-state index contributed by atoms with van der Waals surface area (Å²) in [5.41, 5.74) is -1.99. The van der Waals surface area contributed by atoms with Crippen LogP contribution in [0, 0.1) is 15.5 Å². The Morgan fingerprint density at radius 1 is 1.24 bits per heavy atom. The number of anilines is 1. The second-order valence-corrected chi connectivity index (χ2v) is 6.54. The van der Waals surface area contributed by atoms with Gasteiger partial charge in [0.15, 0.2) is 0 Å². The van der Waals surface area contributed by atoms with Crippen LogP contribution in [-0.4, -0.2) is 21.5 Å². The SMILES string of the molecule is CC(C)(Nc1c(Cl)cc([N+](=O)[O-])cc1Cl)C(C)(C)C(=O)O. The van der Waals surface area contributed by atoms with Gasteiger partial charge in [0.25, 0.3) is 5.69 Å². The first-order valence-electron chi connectivity index (χ1n) is 6.05. The van der Waals surface area contributed by atoms with Crippen molar-refractivity contribution in [3.63, 3.8) is 0 Å². The lowest BCUT2D eigenvalue weighted by molar-refractivity contribution is -0.384. The minimum atomic E-state index is -1.12. The number of halogens is 2. The molecule has 0 heterocycles. The standard InChI is InChI=1S/C13H16Cl2N2O4/c1-12(2,11(18)19)13(3,4)16-10-8(14)5-7(17(20)21)6-9(10)15/h5-6,16H,1-4H3,(H,18,19). The van der Waals surface area contributed by atoms with Crippen molar-refractivity contribution in [3.05, 3.63) is 32.3 Å². The summed E-state index contributed by atoms with van der Waals surface area (Å²) in [6.07, 6.45) is 0. The van der Waals surface area contributed by atoms with Gasteiger partial charge in [-0.3, -0.25) is 14.9 Å². The van der Waals surface area contributed by atoms with E-state index in [1.165, 1.54) is 12.1 Å². The van der Waals surface area contributed by atoms with Gasteiger partial charge in [0.1, 0.15) is 0 Å². The first kappa shape index (κ1) is 17.5. The number of aliphatic carboxylic acids is 1. The van der Waals surface area contributed by atoms with Gasteiger partial charge in [-0.15, -0.1) is 0 Å². The lowest BCUT2D eigenvalue weighted by atomic mass is 9.74. The van der Waals surface area contributed by atoms with E-state index in [-0.39, 0.29) is 21.4 Å². The Balaban J connectivity index is 3.26. The molecule has 0 aliphatic rings. The molecule has 21 heavy (non-hydrogen) atoms. The van der Waals surface area contributed by atoms with Crippen LogP contribution in [-0.2, 0) is 4.79 Å². The zero-order valence-electron chi connectivity index (χ0n) is 12.0. The Bertz CT molecular complexity index is 577. The molecule has 0 saturated carbocycles. The number of benzene rings is 1. The molecular weight excluding hydrogens is 319 g/mol. The molecule has 0 atom stereocenters. The summed E-state index contributed by atoms with van der Waals surface area (Å²) in [4.78, 5) is 21.5. The van der Waals surface area contributed by atoms with Gasteiger partial charge >= 0.3 is 5.97 Å². The van der Waals surface area contributed by atoms with Gasteiger partial charge in [-0.25, -0.2) is 0 Å². The predicted molar refractivity (Wildman–Crippen MR) is 82.2 cm³/mol. The molecule has 8 heteroatoms. The molecule has 0 amide bonds. The molecule has 0 aromatic heterocycles. The monoisotopic (exact) mass is 334 g/mol. The number of nitrogens with zero attached hydrogens (tertiary/aromatic N) is 1. The van der Waals surface area contributed by atoms with Crippen molar-refractivity contribution in [2.75, 3.05) is 5.32 Å². The summed E-state index contributed by atoms with van der Waals surface area (Å²) in [5.74, 6) is -0.992. The molecule has 1 aromatic rings. The van der Waals surface area contributed by atoms with Crippen molar-refractivity contribution in [1.82, 2.24) is 0 Å². The van der Waals surface area contributed by atoms with Gasteiger partial charge in [-0.2, -0.15) is 0 Å². The van der Waals surface area contributed by atoms with E-state index in [4.69, 9.17) is 23.2 Å². The lowest BCUT2D eigenvalue weighted by Crippen LogP contribution is -2.50. The molecule has 0 aliphatic heterocycles. The van der Waals surface area contributed by atoms with E-state index in [9.17, 15) is 20.0 Å². The second kappa shape index (κ2) is 5.69. The van der Waals surface area contributed by atoms with Gasteiger partial charge in [-0.1, -0.05) is 23.2 Å². The zero-order chi connectivity index (χ0) is 16.6. The Hall–Kier alpha value is -1.53. The molecule has 1 aromatic carbocycles. The number of nitrogens with one attached hydrogen (secondary N) is 1. The normalized spacial score (nSPS) is 12.1. The average molecular weight is 335 g/mol. The lowest BCUT2D eigenvalue weighted by Gasteiger charge is -2.40. The highest BCUT2D eigenvalue weighted by molar-refractivity contribution is 6.39. The molecule has 0 bridgehead atoms. The summed E-state index contributed by atoms with van der Waals surface area (Å²) in [5, 5.41) is 23.1. The molecule has 1 rings (SSSR count). The highest BCUT2D eigenvalue weighted by atomic mass is 35.5. The van der Waals surface area contributed by atoms with E-state index in [2.05, 4.69) is 5.32 Å². The highest BCUT2D eigenvalue weighted by Gasteiger charge is 2.44. The number of carboxylic acid groups (broad SMARTS) is 1. The summed E-state index contributed by atoms with van der Waals surface area (Å²) >= 11 is 12.0. The van der Waals surface area contributed by atoms with E-state index in [0.29, 0.717) is 0 Å².